The average Bonchev–Trinajstić information content (AvgIpc) is 2.53. The minimum atomic E-state index is -0.509. The predicted molar refractivity (Wildman–Crippen MR) is 52.2 cm³/mol. The summed E-state index contributed by atoms with van der Waals surface area (Å²) in [6.07, 6.45) is 0.733. The Balaban J connectivity index is 1.88. The van der Waals surface area contributed by atoms with Crippen molar-refractivity contribution in [2.24, 2.45) is 5.92 Å². The third-order valence-corrected chi connectivity index (χ3v) is 3.75. The van der Waals surface area contributed by atoms with Crippen molar-refractivity contribution >= 4 is 0 Å². The lowest BCUT2D eigenvalue weighted by Gasteiger charge is -2.23. The summed E-state index contributed by atoms with van der Waals surface area (Å²) < 4.78 is 23.0. The third-order valence-electron chi connectivity index (χ3n) is 3.75. The van der Waals surface area contributed by atoms with Gasteiger partial charge >= 0.3 is 0 Å². The molecule has 0 radical (unpaired) electrons. The molecule has 2 aliphatic heterocycles. The Labute approximate surface area is 89.8 Å². The van der Waals surface area contributed by atoms with Crippen LogP contribution in [-0.4, -0.2) is 37.0 Å². The second-order valence-corrected chi connectivity index (χ2v) is 5.30. The van der Waals surface area contributed by atoms with Crippen LogP contribution in [0, 0.1) is 5.92 Å². The fraction of sp³-hybridized carbons (Fsp3) is 1.00. The number of methoxy groups -OCH3 is 1. The van der Waals surface area contributed by atoms with E-state index in [0.717, 1.165) is 6.42 Å². The van der Waals surface area contributed by atoms with Gasteiger partial charge in [-0.2, -0.15) is 0 Å². The van der Waals surface area contributed by atoms with Crippen LogP contribution in [0.5, 0.6) is 0 Å². The molecule has 1 aliphatic carbocycles. The van der Waals surface area contributed by atoms with Crippen LogP contribution in [0.3, 0.4) is 0 Å². The van der Waals surface area contributed by atoms with Gasteiger partial charge in [-0.25, -0.2) is 0 Å². The van der Waals surface area contributed by atoms with E-state index in [1.165, 1.54) is 0 Å². The monoisotopic (exact) mass is 214 g/mol. The second-order valence-electron chi connectivity index (χ2n) is 5.30. The molecule has 3 aliphatic rings. The van der Waals surface area contributed by atoms with Crippen molar-refractivity contribution in [3.8, 4) is 0 Å². The van der Waals surface area contributed by atoms with Crippen LogP contribution in [0.4, 0.5) is 0 Å². The normalized spacial score (nSPS) is 56.0. The first-order valence-electron chi connectivity index (χ1n) is 5.55. The summed E-state index contributed by atoms with van der Waals surface area (Å²) in [5.74, 6) is 0.0354. The Morgan fingerprint density at radius 1 is 1.20 bits per heavy atom. The predicted octanol–water partition coefficient (Wildman–Crippen LogP) is 1.29. The Kier molecular flexibility index (Phi) is 1.83. The molecule has 2 saturated heterocycles. The molecule has 2 heterocycles. The minimum absolute atomic E-state index is 0.0347. The van der Waals surface area contributed by atoms with Crippen LogP contribution in [0.2, 0.25) is 0 Å². The molecule has 4 nitrogen and oxygen atoms in total. The molecule has 5 atom stereocenters. The van der Waals surface area contributed by atoms with E-state index in [0.29, 0.717) is 5.92 Å². The van der Waals surface area contributed by atoms with Crippen LogP contribution < -0.4 is 0 Å². The van der Waals surface area contributed by atoms with E-state index in [4.69, 9.17) is 18.9 Å². The third kappa shape index (κ3) is 1.22. The summed E-state index contributed by atoms with van der Waals surface area (Å²) in [5.41, 5.74) is -0.140. The van der Waals surface area contributed by atoms with Crippen molar-refractivity contribution in [2.75, 3.05) is 7.11 Å². The molecule has 2 unspecified atom stereocenters. The fourth-order valence-electron chi connectivity index (χ4n) is 2.88. The van der Waals surface area contributed by atoms with Crippen LogP contribution >= 0.6 is 0 Å². The Bertz CT molecular complexity index is 290. The lowest BCUT2D eigenvalue weighted by atomic mass is 10.1. The molecule has 0 bridgehead atoms. The zero-order valence-corrected chi connectivity index (χ0v) is 9.65. The standard InChI is InChI=1S/C11H18O4/c1-6-5-11(6)8-7(9(12-4)15-11)13-10(2,3)14-8/h6-9H,5H2,1-4H3/t6-,7?,8?,9+,11-/m0/s1. The molecule has 0 aromatic carbocycles. The van der Waals surface area contributed by atoms with E-state index < -0.39 is 5.79 Å². The number of hydrogen-bond acceptors (Lipinski definition) is 4. The van der Waals surface area contributed by atoms with Crippen molar-refractivity contribution in [1.82, 2.24) is 0 Å². The van der Waals surface area contributed by atoms with Gasteiger partial charge < -0.3 is 18.9 Å². The molecular weight excluding hydrogens is 196 g/mol. The molecule has 0 aromatic heterocycles. The van der Waals surface area contributed by atoms with Gasteiger partial charge in [0.2, 0.25) is 0 Å². The van der Waals surface area contributed by atoms with E-state index in [1.807, 2.05) is 13.8 Å². The summed E-state index contributed by atoms with van der Waals surface area (Å²) in [6, 6.07) is 0. The van der Waals surface area contributed by atoms with E-state index >= 15 is 0 Å². The first-order valence-corrected chi connectivity index (χ1v) is 5.55. The van der Waals surface area contributed by atoms with Crippen LogP contribution in [0.15, 0.2) is 0 Å². The van der Waals surface area contributed by atoms with Gasteiger partial charge in [-0.05, 0) is 26.2 Å². The highest BCUT2D eigenvalue weighted by Gasteiger charge is 2.72. The summed E-state index contributed by atoms with van der Waals surface area (Å²) in [5, 5.41) is 0. The Morgan fingerprint density at radius 2 is 1.87 bits per heavy atom. The minimum Gasteiger partial charge on any atom is -0.353 e. The number of rotatable bonds is 1. The molecular formula is C11H18O4. The van der Waals surface area contributed by atoms with Crippen LogP contribution in [-0.2, 0) is 18.9 Å². The molecule has 15 heavy (non-hydrogen) atoms. The SMILES string of the molecule is CO[C@@H]1O[C@]2(C[C@@H]2C)C2OC(C)(C)OC21. The summed E-state index contributed by atoms with van der Waals surface area (Å²) in [4.78, 5) is 0. The molecule has 0 N–H and O–H groups in total. The molecule has 3 rings (SSSR count). The zero-order chi connectivity index (χ0) is 10.8. The van der Waals surface area contributed by atoms with E-state index in [2.05, 4.69) is 6.92 Å². The first-order chi connectivity index (χ1) is 6.98. The molecule has 3 fully saturated rings. The lowest BCUT2D eigenvalue weighted by Crippen LogP contribution is -2.32. The van der Waals surface area contributed by atoms with Gasteiger partial charge in [-0.15, -0.1) is 0 Å². The number of hydrogen-bond donors (Lipinski definition) is 0. The van der Waals surface area contributed by atoms with Crippen LogP contribution in [0.25, 0.3) is 0 Å². The molecule has 1 saturated carbocycles. The van der Waals surface area contributed by atoms with Gasteiger partial charge in [0.15, 0.2) is 12.1 Å². The maximum absolute atomic E-state index is 5.93. The van der Waals surface area contributed by atoms with Gasteiger partial charge in [0, 0.05) is 7.11 Å². The van der Waals surface area contributed by atoms with Gasteiger partial charge in [0.25, 0.3) is 0 Å². The van der Waals surface area contributed by atoms with Gasteiger partial charge in [0.1, 0.15) is 17.8 Å². The average molecular weight is 214 g/mol. The van der Waals surface area contributed by atoms with Gasteiger partial charge in [0.05, 0.1) is 0 Å². The fourth-order valence-corrected chi connectivity index (χ4v) is 2.88. The number of fused-ring (bicyclic) bond motifs is 2. The van der Waals surface area contributed by atoms with E-state index in [1.54, 1.807) is 7.11 Å². The summed E-state index contributed by atoms with van der Waals surface area (Å²) in [7, 11) is 1.66. The maximum Gasteiger partial charge on any atom is 0.186 e. The van der Waals surface area contributed by atoms with Crippen molar-refractivity contribution in [2.45, 2.75) is 57.1 Å². The number of ether oxygens (including phenoxy) is 4. The van der Waals surface area contributed by atoms with Gasteiger partial charge in [-0.1, -0.05) is 6.92 Å². The van der Waals surface area contributed by atoms with Crippen molar-refractivity contribution in [3.05, 3.63) is 0 Å². The molecule has 0 aromatic rings. The zero-order valence-electron chi connectivity index (χ0n) is 9.65. The smallest absolute Gasteiger partial charge is 0.186 e. The maximum atomic E-state index is 5.93. The Morgan fingerprint density at radius 3 is 2.40 bits per heavy atom. The largest absolute Gasteiger partial charge is 0.353 e. The summed E-state index contributed by atoms with van der Waals surface area (Å²) in [6.45, 7) is 6.07. The Hall–Kier alpha value is -0.160. The summed E-state index contributed by atoms with van der Waals surface area (Å²) >= 11 is 0. The molecule has 86 valence electrons. The van der Waals surface area contributed by atoms with Crippen LogP contribution in [0.1, 0.15) is 27.2 Å². The van der Waals surface area contributed by atoms with E-state index in [9.17, 15) is 0 Å². The van der Waals surface area contributed by atoms with Crippen molar-refractivity contribution < 1.29 is 18.9 Å². The highest BCUT2D eigenvalue weighted by molar-refractivity contribution is 5.17. The van der Waals surface area contributed by atoms with Gasteiger partial charge in [-0.3, -0.25) is 0 Å². The second kappa shape index (κ2) is 2.74. The van der Waals surface area contributed by atoms with Crippen molar-refractivity contribution in [1.29, 1.82) is 0 Å². The molecule has 1 spiro atoms. The highest BCUT2D eigenvalue weighted by atomic mass is 16.8. The topological polar surface area (TPSA) is 36.9 Å². The molecule has 4 heteroatoms. The highest BCUT2D eigenvalue weighted by Crippen LogP contribution is 2.59. The molecule has 0 amide bonds. The quantitative estimate of drug-likeness (QED) is 0.659. The van der Waals surface area contributed by atoms with E-state index in [-0.39, 0.29) is 24.1 Å². The van der Waals surface area contributed by atoms with Crippen molar-refractivity contribution in [3.63, 3.8) is 0 Å². The first kappa shape index (κ1) is 10.0. The lowest BCUT2D eigenvalue weighted by molar-refractivity contribution is -0.234.